The first kappa shape index (κ1) is 11.3. The first-order valence-electron chi connectivity index (χ1n) is 4.68. The minimum absolute atomic E-state index is 0.324. The Balaban J connectivity index is 4.23. The van der Waals surface area contributed by atoms with Gasteiger partial charge in [0.25, 0.3) is 0 Å². The molecule has 0 aromatic rings. The van der Waals surface area contributed by atoms with Crippen LogP contribution in [0.4, 0.5) is 0 Å². The lowest BCUT2D eigenvalue weighted by Crippen LogP contribution is -2.09. The van der Waals surface area contributed by atoms with E-state index >= 15 is 0 Å². The lowest BCUT2D eigenvalue weighted by molar-refractivity contribution is 0.417. The van der Waals surface area contributed by atoms with Crippen LogP contribution in [0.15, 0.2) is 30.0 Å². The van der Waals surface area contributed by atoms with Crippen LogP contribution < -0.4 is 0 Å². The summed E-state index contributed by atoms with van der Waals surface area (Å²) in [6.07, 6.45) is 10.7. The molecule has 0 aliphatic carbocycles. The Bertz CT molecular complexity index is 192. The minimum Gasteiger partial charge on any atom is -0.130 e. The SMILES string of the molecule is CC=C=CCC(C)(C=CC)CC. The fraction of sp³-hybridized carbons (Fsp3) is 0.583. The predicted octanol–water partition coefficient (Wildman–Crippen LogP) is 4.10. The molecule has 0 aliphatic rings. The summed E-state index contributed by atoms with van der Waals surface area (Å²) in [5, 5.41) is 0. The predicted molar refractivity (Wildman–Crippen MR) is 56.2 cm³/mol. The Labute approximate surface area is 76.7 Å². The van der Waals surface area contributed by atoms with Crippen LogP contribution in [0, 0.1) is 5.41 Å². The van der Waals surface area contributed by atoms with E-state index in [4.69, 9.17) is 0 Å². The fourth-order valence-electron chi connectivity index (χ4n) is 1.14. The zero-order valence-corrected chi connectivity index (χ0v) is 8.72. The van der Waals surface area contributed by atoms with Crippen molar-refractivity contribution in [3.63, 3.8) is 0 Å². The van der Waals surface area contributed by atoms with Gasteiger partial charge in [-0.1, -0.05) is 26.0 Å². The molecule has 0 aromatic carbocycles. The summed E-state index contributed by atoms with van der Waals surface area (Å²) < 4.78 is 0. The van der Waals surface area contributed by atoms with E-state index < -0.39 is 0 Å². The van der Waals surface area contributed by atoms with Crippen LogP contribution in [0.25, 0.3) is 0 Å². The molecular weight excluding hydrogens is 144 g/mol. The van der Waals surface area contributed by atoms with E-state index in [0.29, 0.717) is 5.41 Å². The highest BCUT2D eigenvalue weighted by atomic mass is 14.2. The van der Waals surface area contributed by atoms with E-state index in [1.165, 1.54) is 6.42 Å². The molecule has 12 heavy (non-hydrogen) atoms. The molecule has 68 valence electrons. The van der Waals surface area contributed by atoms with Crippen LogP contribution in [-0.2, 0) is 0 Å². The molecule has 1 unspecified atom stereocenters. The van der Waals surface area contributed by atoms with Crippen molar-refractivity contribution < 1.29 is 0 Å². The Morgan fingerprint density at radius 1 is 1.33 bits per heavy atom. The molecule has 0 aromatic heterocycles. The maximum atomic E-state index is 3.11. The van der Waals surface area contributed by atoms with Gasteiger partial charge in [0.05, 0.1) is 0 Å². The molecule has 0 bridgehead atoms. The zero-order chi connectivity index (χ0) is 9.45. The van der Waals surface area contributed by atoms with E-state index in [1.54, 1.807) is 0 Å². The van der Waals surface area contributed by atoms with Crippen molar-refractivity contribution in [1.29, 1.82) is 0 Å². The van der Waals surface area contributed by atoms with E-state index in [1.807, 2.05) is 13.0 Å². The second-order valence-corrected chi connectivity index (χ2v) is 3.37. The second-order valence-electron chi connectivity index (χ2n) is 3.37. The van der Waals surface area contributed by atoms with Crippen LogP contribution in [0.3, 0.4) is 0 Å². The van der Waals surface area contributed by atoms with Gasteiger partial charge in [0, 0.05) is 0 Å². The summed E-state index contributed by atoms with van der Waals surface area (Å²) in [6.45, 7) is 8.58. The van der Waals surface area contributed by atoms with Gasteiger partial charge in [-0.3, -0.25) is 0 Å². The van der Waals surface area contributed by atoms with Crippen molar-refractivity contribution in [1.82, 2.24) is 0 Å². The molecule has 0 spiro atoms. The monoisotopic (exact) mass is 164 g/mol. The van der Waals surface area contributed by atoms with Gasteiger partial charge in [0.15, 0.2) is 0 Å². The molecule has 0 saturated heterocycles. The van der Waals surface area contributed by atoms with E-state index in [9.17, 15) is 0 Å². The third-order valence-electron chi connectivity index (χ3n) is 2.23. The summed E-state index contributed by atoms with van der Waals surface area (Å²) in [4.78, 5) is 0. The highest BCUT2D eigenvalue weighted by molar-refractivity contribution is 4.99. The average Bonchev–Trinajstić information content (AvgIpc) is 2.06. The van der Waals surface area contributed by atoms with E-state index in [0.717, 1.165) is 6.42 Å². The molecule has 0 N–H and O–H groups in total. The molecule has 0 heterocycles. The molecule has 0 radical (unpaired) electrons. The van der Waals surface area contributed by atoms with Crippen molar-refractivity contribution in [2.45, 2.75) is 40.5 Å². The van der Waals surface area contributed by atoms with Gasteiger partial charge in [0.2, 0.25) is 0 Å². The number of allylic oxidation sites excluding steroid dienone is 3. The van der Waals surface area contributed by atoms with Crippen molar-refractivity contribution in [2.75, 3.05) is 0 Å². The summed E-state index contributed by atoms with van der Waals surface area (Å²) in [6, 6.07) is 0. The van der Waals surface area contributed by atoms with Crippen molar-refractivity contribution >= 4 is 0 Å². The third-order valence-corrected chi connectivity index (χ3v) is 2.23. The number of rotatable bonds is 4. The van der Waals surface area contributed by atoms with E-state index in [-0.39, 0.29) is 0 Å². The topological polar surface area (TPSA) is 0 Å². The van der Waals surface area contributed by atoms with E-state index in [2.05, 4.69) is 44.7 Å². The molecule has 0 rings (SSSR count). The van der Waals surface area contributed by atoms with Gasteiger partial charge < -0.3 is 0 Å². The standard InChI is InChI=1S/C12H20/c1-5-8-9-11-12(4,7-3)10-6-2/h5-6,9-10H,7,11H2,1-4H3. The molecule has 0 heteroatoms. The van der Waals surface area contributed by atoms with Gasteiger partial charge >= 0.3 is 0 Å². The smallest absolute Gasteiger partial charge is 0.0109 e. The van der Waals surface area contributed by atoms with Gasteiger partial charge in [-0.2, -0.15) is 0 Å². The molecule has 0 nitrogen and oxygen atoms in total. The maximum Gasteiger partial charge on any atom is -0.0109 e. The molecule has 0 fully saturated rings. The fourth-order valence-corrected chi connectivity index (χ4v) is 1.14. The molecular formula is C12H20. The highest BCUT2D eigenvalue weighted by Crippen LogP contribution is 2.27. The summed E-state index contributed by atoms with van der Waals surface area (Å²) >= 11 is 0. The Morgan fingerprint density at radius 2 is 2.00 bits per heavy atom. The molecule has 0 amide bonds. The first-order chi connectivity index (χ1) is 5.68. The first-order valence-corrected chi connectivity index (χ1v) is 4.68. The molecule has 1 atom stereocenters. The highest BCUT2D eigenvalue weighted by Gasteiger charge is 2.15. The van der Waals surface area contributed by atoms with Gasteiger partial charge in [-0.15, -0.1) is 5.73 Å². The number of hydrogen-bond acceptors (Lipinski definition) is 0. The number of hydrogen-bond donors (Lipinski definition) is 0. The Hall–Kier alpha value is -0.740. The van der Waals surface area contributed by atoms with Crippen LogP contribution >= 0.6 is 0 Å². The maximum absolute atomic E-state index is 3.11. The van der Waals surface area contributed by atoms with Crippen LogP contribution in [-0.4, -0.2) is 0 Å². The molecule has 0 saturated carbocycles. The van der Waals surface area contributed by atoms with Gasteiger partial charge in [-0.05, 0) is 44.3 Å². The van der Waals surface area contributed by atoms with Crippen LogP contribution in [0.5, 0.6) is 0 Å². The summed E-state index contributed by atoms with van der Waals surface area (Å²) in [7, 11) is 0. The lowest BCUT2D eigenvalue weighted by Gasteiger charge is -2.21. The summed E-state index contributed by atoms with van der Waals surface area (Å²) in [5.41, 5.74) is 3.44. The van der Waals surface area contributed by atoms with Crippen LogP contribution in [0.1, 0.15) is 40.5 Å². The van der Waals surface area contributed by atoms with Gasteiger partial charge in [0.1, 0.15) is 0 Å². The Kier molecular flexibility index (Phi) is 5.49. The van der Waals surface area contributed by atoms with Crippen molar-refractivity contribution in [2.24, 2.45) is 5.41 Å². The van der Waals surface area contributed by atoms with Crippen molar-refractivity contribution in [3.05, 3.63) is 30.0 Å². The van der Waals surface area contributed by atoms with Gasteiger partial charge in [-0.25, -0.2) is 0 Å². The average molecular weight is 164 g/mol. The Morgan fingerprint density at radius 3 is 2.42 bits per heavy atom. The third kappa shape index (κ3) is 4.20. The second kappa shape index (κ2) is 5.85. The normalized spacial score (nSPS) is 15.3. The van der Waals surface area contributed by atoms with Crippen LogP contribution in [0.2, 0.25) is 0 Å². The zero-order valence-electron chi connectivity index (χ0n) is 8.72. The summed E-state index contributed by atoms with van der Waals surface area (Å²) in [5.74, 6) is 0. The van der Waals surface area contributed by atoms with Crippen molar-refractivity contribution in [3.8, 4) is 0 Å². The molecule has 0 aliphatic heterocycles. The quantitative estimate of drug-likeness (QED) is 0.433. The lowest BCUT2D eigenvalue weighted by atomic mass is 9.84. The largest absolute Gasteiger partial charge is 0.130 e. The minimum atomic E-state index is 0.324.